The van der Waals surface area contributed by atoms with Gasteiger partial charge in [0.1, 0.15) is 0 Å². The Kier molecular flexibility index (Phi) is 3.83. The Morgan fingerprint density at radius 3 is 2.68 bits per heavy atom. The van der Waals surface area contributed by atoms with Crippen LogP contribution in [-0.2, 0) is 11.2 Å². The molecule has 19 heavy (non-hydrogen) atoms. The van der Waals surface area contributed by atoms with Gasteiger partial charge < -0.3 is 10.1 Å². The molecule has 100 valence electrons. The first-order chi connectivity index (χ1) is 8.91. The van der Waals surface area contributed by atoms with Crippen molar-refractivity contribution in [3.63, 3.8) is 0 Å². The third kappa shape index (κ3) is 2.60. The van der Waals surface area contributed by atoms with Crippen molar-refractivity contribution in [3.05, 3.63) is 43.7 Å². The summed E-state index contributed by atoms with van der Waals surface area (Å²) in [5.74, 6) is -0.937. The smallest absolute Gasteiger partial charge is 0.303 e. The number of rotatable bonds is 3. The lowest BCUT2D eigenvalue weighted by Gasteiger charge is -2.09. The molecule has 0 aliphatic heterocycles. The number of carbonyl (C=O) groups is 1. The zero-order valence-electron chi connectivity index (χ0n) is 10.1. The summed E-state index contributed by atoms with van der Waals surface area (Å²) < 4.78 is 0. The molecule has 2 N–H and O–H groups in total. The first-order valence-electron chi connectivity index (χ1n) is 5.63. The molecule has 0 bridgehead atoms. The summed E-state index contributed by atoms with van der Waals surface area (Å²) >= 11 is 12.0. The second-order valence-electron chi connectivity index (χ2n) is 4.24. The van der Waals surface area contributed by atoms with Crippen LogP contribution >= 0.6 is 23.2 Å². The van der Waals surface area contributed by atoms with Crippen molar-refractivity contribution in [2.75, 3.05) is 0 Å². The first-order valence-corrected chi connectivity index (χ1v) is 6.38. The van der Waals surface area contributed by atoms with Gasteiger partial charge in [-0.1, -0.05) is 23.2 Å². The van der Waals surface area contributed by atoms with Gasteiger partial charge in [-0.05, 0) is 25.5 Å². The number of carboxylic acids is 1. The van der Waals surface area contributed by atoms with Gasteiger partial charge in [0.2, 0.25) is 0 Å². The topological polar surface area (TPSA) is 70.2 Å². The highest BCUT2D eigenvalue weighted by molar-refractivity contribution is 6.44. The van der Waals surface area contributed by atoms with E-state index in [-0.39, 0.29) is 18.3 Å². The van der Waals surface area contributed by atoms with Gasteiger partial charge in [-0.25, -0.2) is 0 Å². The van der Waals surface area contributed by atoms with E-state index < -0.39 is 5.97 Å². The summed E-state index contributed by atoms with van der Waals surface area (Å²) in [5, 5.41) is 9.78. The lowest BCUT2D eigenvalue weighted by Crippen LogP contribution is -2.15. The molecular formula is C13H11Cl2NO3. The summed E-state index contributed by atoms with van der Waals surface area (Å²) in [6.45, 7) is 1.72. The molecule has 4 nitrogen and oxygen atoms in total. The number of hydrogen-bond donors (Lipinski definition) is 2. The number of aryl methyl sites for hydroxylation is 1. The molecule has 0 aliphatic rings. The van der Waals surface area contributed by atoms with Gasteiger partial charge in [0.25, 0.3) is 0 Å². The minimum absolute atomic E-state index is 0.0866. The van der Waals surface area contributed by atoms with Crippen LogP contribution in [0.5, 0.6) is 0 Å². The number of nitrogens with one attached hydrogen (secondary N) is 1. The van der Waals surface area contributed by atoms with E-state index in [1.807, 2.05) is 0 Å². The standard InChI is InChI=1S/C13H11Cl2NO3/c1-6-7(3-5-10(17)18)13(19)8-2-4-9(14)11(15)12(8)16-6/h2,4H,3,5H2,1H3,(H,16,19)(H,17,18). The number of carboxylic acid groups (broad SMARTS) is 1. The molecule has 1 aromatic heterocycles. The molecule has 0 saturated carbocycles. The van der Waals surface area contributed by atoms with Crippen LogP contribution in [0.4, 0.5) is 0 Å². The van der Waals surface area contributed by atoms with E-state index in [1.54, 1.807) is 19.1 Å². The van der Waals surface area contributed by atoms with Crippen LogP contribution in [0.2, 0.25) is 10.0 Å². The van der Waals surface area contributed by atoms with Crippen molar-refractivity contribution in [1.82, 2.24) is 4.98 Å². The molecule has 0 atom stereocenters. The van der Waals surface area contributed by atoms with E-state index in [0.717, 1.165) is 0 Å². The van der Waals surface area contributed by atoms with Gasteiger partial charge in [-0.2, -0.15) is 0 Å². The number of benzene rings is 1. The molecule has 0 radical (unpaired) electrons. The summed E-state index contributed by atoms with van der Waals surface area (Å²) in [4.78, 5) is 25.9. The van der Waals surface area contributed by atoms with E-state index in [4.69, 9.17) is 28.3 Å². The second kappa shape index (κ2) is 5.23. The largest absolute Gasteiger partial charge is 0.481 e. The minimum Gasteiger partial charge on any atom is -0.481 e. The average Bonchev–Trinajstić information content (AvgIpc) is 2.34. The van der Waals surface area contributed by atoms with Crippen LogP contribution in [0.25, 0.3) is 10.9 Å². The molecule has 6 heteroatoms. The van der Waals surface area contributed by atoms with Crippen LogP contribution in [-0.4, -0.2) is 16.1 Å². The quantitative estimate of drug-likeness (QED) is 0.914. The summed E-state index contributed by atoms with van der Waals surface area (Å²) in [6, 6.07) is 3.14. The summed E-state index contributed by atoms with van der Waals surface area (Å²) in [6.07, 6.45) is 0.101. The van der Waals surface area contributed by atoms with E-state index in [2.05, 4.69) is 4.98 Å². The number of aromatic amines is 1. The monoisotopic (exact) mass is 299 g/mol. The first kappa shape index (κ1) is 13.9. The van der Waals surface area contributed by atoms with Crippen molar-refractivity contribution in [1.29, 1.82) is 0 Å². The van der Waals surface area contributed by atoms with Crippen molar-refractivity contribution < 1.29 is 9.90 Å². The number of halogens is 2. The van der Waals surface area contributed by atoms with Crippen molar-refractivity contribution in [3.8, 4) is 0 Å². The van der Waals surface area contributed by atoms with E-state index >= 15 is 0 Å². The number of aromatic nitrogens is 1. The van der Waals surface area contributed by atoms with Crippen LogP contribution < -0.4 is 5.43 Å². The van der Waals surface area contributed by atoms with Crippen LogP contribution in [0, 0.1) is 6.92 Å². The molecule has 0 unspecified atom stereocenters. The molecule has 1 aromatic carbocycles. The molecule has 2 rings (SSSR count). The Bertz CT molecular complexity index is 722. The van der Waals surface area contributed by atoms with E-state index in [1.165, 1.54) is 0 Å². The number of aliphatic carboxylic acids is 1. The van der Waals surface area contributed by atoms with Crippen LogP contribution in [0.3, 0.4) is 0 Å². The highest BCUT2D eigenvalue weighted by Gasteiger charge is 2.13. The Morgan fingerprint density at radius 1 is 1.37 bits per heavy atom. The molecule has 0 aliphatic carbocycles. The Labute approximate surface area is 119 Å². The highest BCUT2D eigenvalue weighted by Crippen LogP contribution is 2.28. The predicted molar refractivity (Wildman–Crippen MR) is 75.3 cm³/mol. The molecular weight excluding hydrogens is 289 g/mol. The van der Waals surface area contributed by atoms with Crippen LogP contribution in [0.1, 0.15) is 17.7 Å². The SMILES string of the molecule is Cc1[nH]c2c(Cl)c(Cl)ccc2c(=O)c1CCC(=O)O. The lowest BCUT2D eigenvalue weighted by molar-refractivity contribution is -0.136. The van der Waals surface area contributed by atoms with Gasteiger partial charge in [0.15, 0.2) is 5.43 Å². The maximum Gasteiger partial charge on any atom is 0.303 e. The van der Waals surface area contributed by atoms with Crippen molar-refractivity contribution >= 4 is 40.1 Å². The van der Waals surface area contributed by atoms with E-state index in [0.29, 0.717) is 32.2 Å². The maximum absolute atomic E-state index is 12.3. The molecule has 0 amide bonds. The number of hydrogen-bond acceptors (Lipinski definition) is 2. The Morgan fingerprint density at radius 2 is 2.05 bits per heavy atom. The molecule has 2 aromatic rings. The zero-order valence-corrected chi connectivity index (χ0v) is 11.6. The number of pyridine rings is 1. The van der Waals surface area contributed by atoms with Gasteiger partial charge in [0, 0.05) is 23.1 Å². The molecule has 0 fully saturated rings. The van der Waals surface area contributed by atoms with Crippen molar-refractivity contribution in [2.45, 2.75) is 19.8 Å². The predicted octanol–water partition coefficient (Wildman–Crippen LogP) is 3.16. The zero-order chi connectivity index (χ0) is 14.2. The van der Waals surface area contributed by atoms with Crippen molar-refractivity contribution in [2.24, 2.45) is 0 Å². The molecule has 0 spiro atoms. The van der Waals surface area contributed by atoms with Crippen LogP contribution in [0.15, 0.2) is 16.9 Å². The van der Waals surface area contributed by atoms with Gasteiger partial charge in [-0.3, -0.25) is 9.59 Å². The van der Waals surface area contributed by atoms with Gasteiger partial charge in [0.05, 0.1) is 15.6 Å². The third-order valence-electron chi connectivity index (χ3n) is 2.97. The molecule has 1 heterocycles. The fraction of sp³-hybridized carbons (Fsp3) is 0.231. The number of fused-ring (bicyclic) bond motifs is 1. The fourth-order valence-electron chi connectivity index (χ4n) is 1.99. The minimum atomic E-state index is -0.937. The normalized spacial score (nSPS) is 10.9. The second-order valence-corrected chi connectivity index (χ2v) is 5.02. The summed E-state index contributed by atoms with van der Waals surface area (Å²) in [5.41, 5.74) is 1.36. The fourth-order valence-corrected chi connectivity index (χ4v) is 2.36. The molecule has 0 saturated heterocycles. The lowest BCUT2D eigenvalue weighted by atomic mass is 10.0. The number of H-pyrrole nitrogens is 1. The van der Waals surface area contributed by atoms with E-state index in [9.17, 15) is 9.59 Å². The van der Waals surface area contributed by atoms with Gasteiger partial charge in [-0.15, -0.1) is 0 Å². The Hall–Kier alpha value is -1.52. The highest BCUT2D eigenvalue weighted by atomic mass is 35.5. The Balaban J connectivity index is 2.66. The summed E-state index contributed by atoms with van der Waals surface area (Å²) in [7, 11) is 0. The average molecular weight is 300 g/mol. The third-order valence-corrected chi connectivity index (χ3v) is 3.77. The maximum atomic E-state index is 12.3. The van der Waals surface area contributed by atoms with Gasteiger partial charge >= 0.3 is 5.97 Å².